The highest BCUT2D eigenvalue weighted by Gasteiger charge is 2.18. The van der Waals surface area contributed by atoms with E-state index in [0.29, 0.717) is 16.3 Å². The molecule has 100 valence electrons. The maximum atomic E-state index is 11.2. The van der Waals surface area contributed by atoms with E-state index in [9.17, 15) is 9.90 Å². The van der Waals surface area contributed by atoms with Gasteiger partial charge in [-0.3, -0.25) is 9.78 Å². The predicted molar refractivity (Wildman–Crippen MR) is 75.7 cm³/mol. The predicted octanol–water partition coefficient (Wildman–Crippen LogP) is 1.72. The molecule has 0 aliphatic carbocycles. The van der Waals surface area contributed by atoms with E-state index in [1.54, 1.807) is 32.2 Å². The summed E-state index contributed by atoms with van der Waals surface area (Å²) in [5.74, 6) is -0.541. The summed E-state index contributed by atoms with van der Waals surface area (Å²) in [6, 6.07) is 5.23. The van der Waals surface area contributed by atoms with Crippen LogP contribution in [0.5, 0.6) is 0 Å². The highest BCUT2D eigenvalue weighted by molar-refractivity contribution is 7.19. The van der Waals surface area contributed by atoms with Crippen molar-refractivity contribution in [2.75, 3.05) is 5.73 Å². The van der Waals surface area contributed by atoms with E-state index in [2.05, 4.69) is 4.98 Å². The van der Waals surface area contributed by atoms with E-state index in [0.717, 1.165) is 10.4 Å². The molecule has 0 aliphatic rings. The van der Waals surface area contributed by atoms with Crippen molar-refractivity contribution < 1.29 is 9.90 Å². The zero-order chi connectivity index (χ0) is 14.2. The molecule has 0 spiro atoms. The second-order valence-electron chi connectivity index (χ2n) is 4.74. The molecule has 6 heteroatoms. The molecule has 0 radical (unpaired) electrons. The summed E-state index contributed by atoms with van der Waals surface area (Å²) in [5.41, 5.74) is 11.7. The maximum absolute atomic E-state index is 11.2. The third-order valence-corrected chi connectivity index (χ3v) is 3.71. The molecule has 0 aromatic carbocycles. The van der Waals surface area contributed by atoms with E-state index < -0.39 is 11.5 Å². The maximum Gasteiger partial charge on any atom is 0.251 e. The number of nitrogen functional groups attached to an aromatic ring is 1. The minimum atomic E-state index is -0.981. The average molecular weight is 277 g/mol. The number of pyridine rings is 1. The first kappa shape index (κ1) is 13.5. The fraction of sp³-hybridized carbons (Fsp3) is 0.231. The molecule has 0 atom stereocenters. The molecule has 5 N–H and O–H groups in total. The van der Waals surface area contributed by atoms with Gasteiger partial charge in [0.2, 0.25) is 0 Å². The lowest BCUT2D eigenvalue weighted by Gasteiger charge is -2.16. The number of amides is 1. The van der Waals surface area contributed by atoms with Gasteiger partial charge in [0.05, 0.1) is 16.3 Å². The van der Waals surface area contributed by atoms with Crippen molar-refractivity contribution in [1.29, 1.82) is 0 Å². The van der Waals surface area contributed by atoms with Crippen LogP contribution in [0.4, 0.5) is 5.00 Å². The van der Waals surface area contributed by atoms with Crippen molar-refractivity contribution in [1.82, 2.24) is 4.98 Å². The summed E-state index contributed by atoms with van der Waals surface area (Å²) in [6.45, 7) is 3.34. The summed E-state index contributed by atoms with van der Waals surface area (Å²) in [4.78, 5) is 16.2. The molecule has 2 heterocycles. The topological polar surface area (TPSA) is 102 Å². The minimum Gasteiger partial charge on any atom is -0.390 e. The lowest BCUT2D eigenvalue weighted by Crippen LogP contribution is -2.17. The number of nitrogens with zero attached hydrogens (tertiary/aromatic N) is 1. The molecule has 0 aliphatic heterocycles. The van der Waals surface area contributed by atoms with Crippen LogP contribution < -0.4 is 11.5 Å². The first-order chi connectivity index (χ1) is 8.79. The first-order valence-corrected chi connectivity index (χ1v) is 6.49. The van der Waals surface area contributed by atoms with Gasteiger partial charge in [0.25, 0.3) is 5.91 Å². The number of carbonyl (C=O) groups is 1. The van der Waals surface area contributed by atoms with E-state index in [-0.39, 0.29) is 0 Å². The van der Waals surface area contributed by atoms with Gasteiger partial charge in [-0.1, -0.05) is 6.07 Å². The van der Waals surface area contributed by atoms with Crippen molar-refractivity contribution in [2.24, 2.45) is 5.73 Å². The lowest BCUT2D eigenvalue weighted by molar-refractivity contribution is 0.0739. The number of nitrogens with two attached hydrogens (primary N) is 2. The van der Waals surface area contributed by atoms with E-state index >= 15 is 0 Å². The Kier molecular flexibility index (Phi) is 3.30. The van der Waals surface area contributed by atoms with E-state index in [1.807, 2.05) is 6.07 Å². The Balaban J connectivity index is 2.38. The highest BCUT2D eigenvalue weighted by Crippen LogP contribution is 2.33. The van der Waals surface area contributed by atoms with Gasteiger partial charge in [0.1, 0.15) is 5.60 Å². The average Bonchev–Trinajstić information content (AvgIpc) is 2.70. The normalized spacial score (nSPS) is 11.5. The standard InChI is InChI=1S/C13H15N3O2S/c1-13(2,18)10-4-3-7(6-16-10)9-5-8(11(14)17)12(15)19-9/h3-6,18H,15H2,1-2H3,(H2,14,17). The molecule has 0 bridgehead atoms. The van der Waals surface area contributed by atoms with E-state index in [4.69, 9.17) is 11.5 Å². The van der Waals surface area contributed by atoms with Crippen molar-refractivity contribution >= 4 is 22.2 Å². The van der Waals surface area contributed by atoms with Crippen molar-refractivity contribution in [3.05, 3.63) is 35.7 Å². The SMILES string of the molecule is CC(C)(O)c1ccc(-c2cc(C(N)=O)c(N)s2)cn1. The smallest absolute Gasteiger partial charge is 0.251 e. The molecule has 5 nitrogen and oxygen atoms in total. The van der Waals surface area contributed by atoms with Gasteiger partial charge >= 0.3 is 0 Å². The fourth-order valence-corrected chi connectivity index (χ4v) is 2.56. The third-order valence-electron chi connectivity index (χ3n) is 2.70. The minimum absolute atomic E-state index is 0.326. The number of carbonyl (C=O) groups excluding carboxylic acids is 1. The Labute approximate surface area is 114 Å². The lowest BCUT2D eigenvalue weighted by atomic mass is 10.0. The van der Waals surface area contributed by atoms with Gasteiger partial charge in [-0.05, 0) is 26.0 Å². The van der Waals surface area contributed by atoms with Gasteiger partial charge < -0.3 is 16.6 Å². The van der Waals surface area contributed by atoms with Crippen molar-refractivity contribution in [3.63, 3.8) is 0 Å². The molecule has 0 saturated carbocycles. The van der Waals surface area contributed by atoms with Gasteiger partial charge in [0.15, 0.2) is 0 Å². The largest absolute Gasteiger partial charge is 0.390 e. The molecule has 2 aromatic rings. The molecule has 2 rings (SSSR count). The van der Waals surface area contributed by atoms with Crippen LogP contribution in [0.25, 0.3) is 10.4 Å². The van der Waals surface area contributed by atoms with Gasteiger partial charge in [0, 0.05) is 16.6 Å². The number of primary amides is 1. The summed E-state index contributed by atoms with van der Waals surface area (Å²) < 4.78 is 0. The number of rotatable bonds is 3. The van der Waals surface area contributed by atoms with Crippen LogP contribution in [-0.4, -0.2) is 16.0 Å². The summed E-state index contributed by atoms with van der Waals surface area (Å²) in [7, 11) is 0. The molecule has 0 unspecified atom stereocenters. The van der Waals surface area contributed by atoms with Crippen LogP contribution in [0.1, 0.15) is 29.9 Å². The Morgan fingerprint density at radius 1 is 1.42 bits per heavy atom. The number of hydrogen-bond acceptors (Lipinski definition) is 5. The molecular weight excluding hydrogens is 262 g/mol. The molecular formula is C13H15N3O2S. The summed E-state index contributed by atoms with van der Waals surface area (Å²) in [5, 5.41) is 10.2. The van der Waals surface area contributed by atoms with Crippen LogP contribution in [0, 0.1) is 0 Å². The van der Waals surface area contributed by atoms with Gasteiger partial charge in [-0.2, -0.15) is 0 Å². The second kappa shape index (κ2) is 4.64. The Hall–Kier alpha value is -1.92. The molecule has 0 fully saturated rings. The first-order valence-electron chi connectivity index (χ1n) is 5.67. The van der Waals surface area contributed by atoms with Crippen molar-refractivity contribution in [2.45, 2.75) is 19.4 Å². The van der Waals surface area contributed by atoms with Crippen LogP contribution >= 0.6 is 11.3 Å². The molecule has 2 aromatic heterocycles. The molecule has 1 amide bonds. The van der Waals surface area contributed by atoms with Crippen LogP contribution in [0.15, 0.2) is 24.4 Å². The van der Waals surface area contributed by atoms with Crippen LogP contribution in [0.2, 0.25) is 0 Å². The third kappa shape index (κ3) is 2.74. The van der Waals surface area contributed by atoms with Crippen molar-refractivity contribution in [3.8, 4) is 10.4 Å². The molecule has 0 saturated heterocycles. The number of thiophene rings is 1. The summed E-state index contributed by atoms with van der Waals surface area (Å²) in [6.07, 6.45) is 1.64. The van der Waals surface area contributed by atoms with Crippen LogP contribution in [0.3, 0.4) is 0 Å². The zero-order valence-electron chi connectivity index (χ0n) is 10.7. The number of hydrogen-bond donors (Lipinski definition) is 3. The highest BCUT2D eigenvalue weighted by atomic mass is 32.1. The molecule has 19 heavy (non-hydrogen) atoms. The summed E-state index contributed by atoms with van der Waals surface area (Å²) >= 11 is 1.28. The van der Waals surface area contributed by atoms with E-state index in [1.165, 1.54) is 11.3 Å². The number of aliphatic hydroxyl groups is 1. The Bertz CT molecular complexity index is 612. The van der Waals surface area contributed by atoms with Gasteiger partial charge in [-0.25, -0.2) is 0 Å². The number of aromatic nitrogens is 1. The zero-order valence-corrected chi connectivity index (χ0v) is 11.5. The Morgan fingerprint density at radius 3 is 2.53 bits per heavy atom. The Morgan fingerprint density at radius 2 is 2.11 bits per heavy atom. The van der Waals surface area contributed by atoms with Gasteiger partial charge in [-0.15, -0.1) is 11.3 Å². The second-order valence-corrected chi connectivity index (χ2v) is 5.83. The van der Waals surface area contributed by atoms with Crippen LogP contribution in [-0.2, 0) is 5.60 Å². The fourth-order valence-electron chi connectivity index (χ4n) is 1.64. The monoisotopic (exact) mass is 277 g/mol. The number of anilines is 1. The quantitative estimate of drug-likeness (QED) is 0.794.